The molecule has 1 aliphatic carbocycles. The van der Waals surface area contributed by atoms with Gasteiger partial charge < -0.3 is 16.4 Å². The van der Waals surface area contributed by atoms with E-state index in [0.29, 0.717) is 5.92 Å². The number of nitrogens with two attached hydrogens (primary N) is 2. The first-order chi connectivity index (χ1) is 11.0. The number of benzene rings is 1. The van der Waals surface area contributed by atoms with Gasteiger partial charge in [-0.15, -0.1) is 0 Å². The summed E-state index contributed by atoms with van der Waals surface area (Å²) in [5.74, 6) is 0.391. The second-order valence-corrected chi connectivity index (χ2v) is 7.02. The van der Waals surface area contributed by atoms with Gasteiger partial charge in [0, 0.05) is 42.5 Å². The monoisotopic (exact) mass is 318 g/mol. The first kappa shape index (κ1) is 16.2. The fraction of sp³-hybridized carbons (Fsp3) is 0.647. The largest absolute Gasteiger partial charge is 0.371 e. The SMILES string of the molecule is NC1CCCCC1(N)[C@H]1CCCN(c2ccc([N+](=O)[O-])cc2)C1. The van der Waals surface area contributed by atoms with Crippen LogP contribution in [0.2, 0.25) is 0 Å². The molecule has 0 amide bonds. The van der Waals surface area contributed by atoms with Gasteiger partial charge in [-0.2, -0.15) is 0 Å². The van der Waals surface area contributed by atoms with Crippen molar-refractivity contribution in [1.29, 1.82) is 0 Å². The number of nitrogens with zero attached hydrogens (tertiary/aromatic N) is 2. The molecule has 23 heavy (non-hydrogen) atoms. The Hall–Kier alpha value is -1.66. The number of anilines is 1. The number of nitro benzene ring substituents is 1. The highest BCUT2D eigenvalue weighted by atomic mass is 16.6. The van der Waals surface area contributed by atoms with Crippen molar-refractivity contribution in [3.05, 3.63) is 34.4 Å². The topological polar surface area (TPSA) is 98.4 Å². The highest BCUT2D eigenvalue weighted by molar-refractivity contribution is 5.51. The van der Waals surface area contributed by atoms with Gasteiger partial charge in [-0.25, -0.2) is 0 Å². The van der Waals surface area contributed by atoms with Crippen LogP contribution in [0.25, 0.3) is 0 Å². The molecule has 0 radical (unpaired) electrons. The Labute approximate surface area is 137 Å². The molecule has 0 aromatic heterocycles. The average Bonchev–Trinajstić information content (AvgIpc) is 2.58. The molecule has 1 aliphatic heterocycles. The van der Waals surface area contributed by atoms with Crippen LogP contribution in [0.15, 0.2) is 24.3 Å². The van der Waals surface area contributed by atoms with Crippen LogP contribution in [0.3, 0.4) is 0 Å². The van der Waals surface area contributed by atoms with Crippen molar-refractivity contribution in [2.75, 3.05) is 18.0 Å². The lowest BCUT2D eigenvalue weighted by molar-refractivity contribution is -0.384. The van der Waals surface area contributed by atoms with Gasteiger partial charge in [0.15, 0.2) is 0 Å². The minimum atomic E-state index is -0.362. The van der Waals surface area contributed by atoms with E-state index >= 15 is 0 Å². The zero-order valence-corrected chi connectivity index (χ0v) is 13.5. The lowest BCUT2D eigenvalue weighted by Crippen LogP contribution is -2.64. The van der Waals surface area contributed by atoms with Crippen molar-refractivity contribution < 1.29 is 4.92 Å². The Morgan fingerprint density at radius 2 is 1.91 bits per heavy atom. The predicted molar refractivity (Wildman–Crippen MR) is 91.4 cm³/mol. The summed E-state index contributed by atoms with van der Waals surface area (Å²) in [6, 6.07) is 6.90. The molecule has 2 unspecified atom stereocenters. The quantitative estimate of drug-likeness (QED) is 0.658. The van der Waals surface area contributed by atoms with E-state index in [2.05, 4.69) is 4.90 Å². The standard InChI is InChI=1S/C17H26N4O2/c18-16-5-1-2-10-17(16,19)13-4-3-11-20(12-13)14-6-8-15(9-7-14)21(22)23/h6-9,13,16H,1-5,10-12,18-19H2/t13-,16?,17?/m0/s1. The van der Waals surface area contributed by atoms with Crippen LogP contribution in [0, 0.1) is 16.0 Å². The molecule has 2 aliphatic rings. The van der Waals surface area contributed by atoms with Gasteiger partial charge in [-0.05, 0) is 43.7 Å². The van der Waals surface area contributed by atoms with Gasteiger partial charge in [0.1, 0.15) is 0 Å². The zero-order chi connectivity index (χ0) is 16.4. The summed E-state index contributed by atoms with van der Waals surface area (Å²) in [7, 11) is 0. The van der Waals surface area contributed by atoms with E-state index in [1.165, 1.54) is 6.42 Å². The van der Waals surface area contributed by atoms with Crippen LogP contribution in [-0.2, 0) is 0 Å². The molecule has 6 nitrogen and oxygen atoms in total. The average molecular weight is 318 g/mol. The van der Waals surface area contributed by atoms with Gasteiger partial charge in [0.2, 0.25) is 0 Å². The summed E-state index contributed by atoms with van der Waals surface area (Å²) in [6.07, 6.45) is 6.58. The summed E-state index contributed by atoms with van der Waals surface area (Å²) in [4.78, 5) is 12.7. The molecular formula is C17H26N4O2. The van der Waals surface area contributed by atoms with Crippen LogP contribution >= 0.6 is 0 Å². The summed E-state index contributed by atoms with van der Waals surface area (Å²) in [5, 5.41) is 10.8. The summed E-state index contributed by atoms with van der Waals surface area (Å²) < 4.78 is 0. The van der Waals surface area contributed by atoms with Gasteiger partial charge in [0.25, 0.3) is 5.69 Å². The van der Waals surface area contributed by atoms with Crippen LogP contribution in [0.4, 0.5) is 11.4 Å². The summed E-state index contributed by atoms with van der Waals surface area (Å²) in [5.41, 5.74) is 14.0. The van der Waals surface area contributed by atoms with E-state index in [0.717, 1.165) is 50.9 Å². The number of hydrogen-bond donors (Lipinski definition) is 2. The molecule has 126 valence electrons. The van der Waals surface area contributed by atoms with Gasteiger partial charge in [-0.3, -0.25) is 10.1 Å². The number of rotatable bonds is 3. The zero-order valence-electron chi connectivity index (χ0n) is 13.5. The molecule has 1 saturated carbocycles. The fourth-order valence-corrected chi connectivity index (χ4v) is 4.19. The molecule has 0 bridgehead atoms. The van der Waals surface area contributed by atoms with Crippen molar-refractivity contribution in [3.8, 4) is 0 Å². The molecule has 2 fully saturated rings. The maximum atomic E-state index is 10.8. The van der Waals surface area contributed by atoms with Crippen LogP contribution in [-0.4, -0.2) is 29.6 Å². The lowest BCUT2D eigenvalue weighted by atomic mass is 9.68. The molecule has 1 saturated heterocycles. The third-order valence-electron chi connectivity index (χ3n) is 5.67. The van der Waals surface area contributed by atoms with E-state index < -0.39 is 0 Å². The third kappa shape index (κ3) is 3.19. The van der Waals surface area contributed by atoms with E-state index in [1.807, 2.05) is 12.1 Å². The van der Waals surface area contributed by atoms with Crippen molar-refractivity contribution in [2.45, 2.75) is 50.1 Å². The molecule has 1 heterocycles. The lowest BCUT2D eigenvalue weighted by Gasteiger charge is -2.49. The highest BCUT2D eigenvalue weighted by Crippen LogP contribution is 2.37. The Bertz CT molecular complexity index is 562. The smallest absolute Gasteiger partial charge is 0.269 e. The number of piperidine rings is 1. The maximum absolute atomic E-state index is 10.8. The number of hydrogen-bond acceptors (Lipinski definition) is 5. The third-order valence-corrected chi connectivity index (χ3v) is 5.67. The Morgan fingerprint density at radius 3 is 2.57 bits per heavy atom. The molecule has 3 atom stereocenters. The molecule has 0 spiro atoms. The van der Waals surface area contributed by atoms with Crippen molar-refractivity contribution in [3.63, 3.8) is 0 Å². The molecule has 1 aromatic rings. The minimum absolute atomic E-state index is 0.0815. The van der Waals surface area contributed by atoms with Crippen LogP contribution in [0.5, 0.6) is 0 Å². The molecule has 4 N–H and O–H groups in total. The Morgan fingerprint density at radius 1 is 1.17 bits per heavy atom. The highest BCUT2D eigenvalue weighted by Gasteiger charge is 2.43. The predicted octanol–water partition coefficient (Wildman–Crippen LogP) is 2.41. The fourth-order valence-electron chi connectivity index (χ4n) is 4.19. The number of non-ortho nitro benzene ring substituents is 1. The van der Waals surface area contributed by atoms with E-state index in [1.54, 1.807) is 12.1 Å². The van der Waals surface area contributed by atoms with Crippen molar-refractivity contribution in [2.24, 2.45) is 17.4 Å². The first-order valence-corrected chi connectivity index (χ1v) is 8.54. The van der Waals surface area contributed by atoms with Crippen LogP contribution in [0.1, 0.15) is 38.5 Å². The molecule has 6 heteroatoms. The van der Waals surface area contributed by atoms with Crippen molar-refractivity contribution in [1.82, 2.24) is 0 Å². The van der Waals surface area contributed by atoms with E-state index in [-0.39, 0.29) is 22.2 Å². The summed E-state index contributed by atoms with van der Waals surface area (Å²) >= 11 is 0. The Kier molecular flexibility index (Phi) is 4.55. The second-order valence-electron chi connectivity index (χ2n) is 7.02. The molecule has 1 aromatic carbocycles. The first-order valence-electron chi connectivity index (χ1n) is 8.54. The van der Waals surface area contributed by atoms with E-state index in [4.69, 9.17) is 11.5 Å². The maximum Gasteiger partial charge on any atom is 0.269 e. The summed E-state index contributed by atoms with van der Waals surface area (Å²) in [6.45, 7) is 1.86. The van der Waals surface area contributed by atoms with Gasteiger partial charge in [0.05, 0.1) is 4.92 Å². The molecular weight excluding hydrogens is 292 g/mol. The Balaban J connectivity index is 1.74. The second kappa shape index (κ2) is 6.45. The minimum Gasteiger partial charge on any atom is -0.371 e. The normalized spacial score (nSPS) is 31.8. The van der Waals surface area contributed by atoms with Crippen LogP contribution < -0.4 is 16.4 Å². The molecule has 3 rings (SSSR count). The van der Waals surface area contributed by atoms with Gasteiger partial charge in [-0.1, -0.05) is 12.8 Å². The van der Waals surface area contributed by atoms with E-state index in [9.17, 15) is 10.1 Å². The van der Waals surface area contributed by atoms with Gasteiger partial charge >= 0.3 is 0 Å². The number of nitro groups is 1. The van der Waals surface area contributed by atoms with Crippen molar-refractivity contribution >= 4 is 11.4 Å².